The van der Waals surface area contributed by atoms with Crippen molar-refractivity contribution < 1.29 is 24.0 Å². The molecule has 17 heavy (non-hydrogen) atoms. The van der Waals surface area contributed by atoms with E-state index in [4.69, 9.17) is 14.4 Å². The first kappa shape index (κ1) is 11.8. The Morgan fingerprint density at radius 2 is 2.41 bits per heavy atom. The molecule has 0 aliphatic carbocycles. The highest BCUT2D eigenvalue weighted by atomic mass is 16.7. The molecule has 0 radical (unpaired) electrons. The van der Waals surface area contributed by atoms with Gasteiger partial charge in [-0.25, -0.2) is 0 Å². The Morgan fingerprint density at radius 3 is 3.00 bits per heavy atom. The van der Waals surface area contributed by atoms with Gasteiger partial charge >= 0.3 is 0 Å². The lowest BCUT2D eigenvalue weighted by atomic mass is 10.4. The summed E-state index contributed by atoms with van der Waals surface area (Å²) in [6.07, 6.45) is 0.753. The first-order chi connectivity index (χ1) is 8.15. The van der Waals surface area contributed by atoms with E-state index in [0.29, 0.717) is 0 Å². The van der Waals surface area contributed by atoms with Gasteiger partial charge in [0.05, 0.1) is 25.5 Å². The van der Waals surface area contributed by atoms with Gasteiger partial charge in [-0.15, -0.1) is 0 Å². The van der Waals surface area contributed by atoms with Crippen molar-refractivity contribution in [2.75, 3.05) is 19.7 Å². The van der Waals surface area contributed by atoms with E-state index in [1.165, 1.54) is 17.4 Å². The fraction of sp³-hybridized carbons (Fsp3) is 0.400. The Morgan fingerprint density at radius 1 is 1.59 bits per heavy atom. The number of hydrogen-bond acceptors (Lipinski definition) is 6. The monoisotopic (exact) mass is 240 g/mol. The summed E-state index contributed by atoms with van der Waals surface area (Å²) in [6, 6.07) is 3.01. The number of rotatable bonds is 3. The van der Waals surface area contributed by atoms with Crippen LogP contribution in [0.3, 0.4) is 0 Å². The molecule has 0 aromatic carbocycles. The van der Waals surface area contributed by atoms with Crippen LogP contribution in [0, 0.1) is 0 Å². The number of carbonyl (C=O) groups is 2. The van der Waals surface area contributed by atoms with Crippen LogP contribution in [0.1, 0.15) is 10.6 Å². The molecule has 0 bridgehead atoms. The maximum absolute atomic E-state index is 11.4. The number of imide groups is 1. The van der Waals surface area contributed by atoms with Crippen LogP contribution >= 0.6 is 0 Å². The van der Waals surface area contributed by atoms with Crippen LogP contribution in [-0.2, 0) is 9.63 Å². The molecule has 2 N–H and O–H groups in total. The molecule has 1 fully saturated rings. The summed E-state index contributed by atoms with van der Waals surface area (Å²) < 4.78 is 4.83. The van der Waals surface area contributed by atoms with Crippen molar-refractivity contribution in [3.63, 3.8) is 0 Å². The number of furan rings is 1. The molecule has 2 amide bonds. The lowest BCUT2D eigenvalue weighted by Gasteiger charge is -2.11. The van der Waals surface area contributed by atoms with Gasteiger partial charge in [-0.3, -0.25) is 19.7 Å². The normalized spacial score (nSPS) is 20.4. The maximum Gasteiger partial charge on any atom is 0.293 e. The molecule has 0 saturated carbocycles. The Bertz CT molecular complexity index is 403. The molecule has 0 unspecified atom stereocenters. The smallest absolute Gasteiger partial charge is 0.293 e. The lowest BCUT2D eigenvalue weighted by Crippen LogP contribution is -2.38. The summed E-state index contributed by atoms with van der Waals surface area (Å²) in [5.74, 6) is -1.04. The predicted molar refractivity (Wildman–Crippen MR) is 54.7 cm³/mol. The molecule has 7 heteroatoms. The van der Waals surface area contributed by atoms with Crippen LogP contribution in [0.5, 0.6) is 0 Å². The molecule has 2 rings (SSSR count). The highest BCUT2D eigenvalue weighted by Gasteiger charge is 2.24. The average Bonchev–Trinajstić information content (AvgIpc) is 2.89. The van der Waals surface area contributed by atoms with Gasteiger partial charge < -0.3 is 9.52 Å². The number of hydroxylamine groups is 2. The van der Waals surface area contributed by atoms with E-state index in [2.05, 4.69) is 5.32 Å². The van der Waals surface area contributed by atoms with Gasteiger partial charge in [0.15, 0.2) is 5.76 Å². The number of β-amino-alcohol motifs (C(OH)–C–C–N with tert-alkyl or cyclic N) is 1. The van der Waals surface area contributed by atoms with Crippen molar-refractivity contribution in [2.24, 2.45) is 0 Å². The molecule has 1 aromatic heterocycles. The fourth-order valence-corrected chi connectivity index (χ4v) is 1.44. The van der Waals surface area contributed by atoms with Crippen molar-refractivity contribution in [3.8, 4) is 0 Å². The molecule has 0 spiro atoms. The average molecular weight is 240 g/mol. The fourth-order valence-electron chi connectivity index (χ4n) is 1.44. The topological polar surface area (TPSA) is 92.0 Å². The molecule has 1 atom stereocenters. The molecule has 1 aliphatic rings. The van der Waals surface area contributed by atoms with Crippen LogP contribution < -0.4 is 5.32 Å². The third-order valence-corrected chi connectivity index (χ3v) is 2.18. The molecule has 1 aromatic rings. The summed E-state index contributed by atoms with van der Waals surface area (Å²) in [5, 5.41) is 12.6. The summed E-state index contributed by atoms with van der Waals surface area (Å²) in [5.41, 5.74) is 0. The van der Waals surface area contributed by atoms with Crippen LogP contribution in [0.25, 0.3) is 0 Å². The number of nitrogens with zero attached hydrogens (tertiary/aromatic N) is 1. The first-order valence-electron chi connectivity index (χ1n) is 5.09. The van der Waals surface area contributed by atoms with Gasteiger partial charge in [0.2, 0.25) is 5.91 Å². The van der Waals surface area contributed by atoms with Gasteiger partial charge in [0.25, 0.3) is 5.91 Å². The zero-order chi connectivity index (χ0) is 12.3. The quantitative estimate of drug-likeness (QED) is 0.714. The number of amides is 2. The largest absolute Gasteiger partial charge is 0.459 e. The van der Waals surface area contributed by atoms with E-state index in [-0.39, 0.29) is 25.5 Å². The summed E-state index contributed by atoms with van der Waals surface area (Å²) >= 11 is 0. The molecular formula is C10H12N2O5. The SMILES string of the molecule is O=C(CN1C[C@@H](O)CO1)NC(=O)c1ccco1. The van der Waals surface area contributed by atoms with Crippen molar-refractivity contribution in [3.05, 3.63) is 24.2 Å². The lowest BCUT2D eigenvalue weighted by molar-refractivity contribution is -0.141. The molecule has 7 nitrogen and oxygen atoms in total. The molecular weight excluding hydrogens is 228 g/mol. The van der Waals surface area contributed by atoms with Crippen molar-refractivity contribution >= 4 is 11.8 Å². The highest BCUT2D eigenvalue weighted by Crippen LogP contribution is 2.04. The van der Waals surface area contributed by atoms with E-state index in [1.54, 1.807) is 6.07 Å². The van der Waals surface area contributed by atoms with Crippen molar-refractivity contribution in [1.29, 1.82) is 0 Å². The van der Waals surface area contributed by atoms with E-state index in [0.717, 1.165) is 0 Å². The maximum atomic E-state index is 11.4. The molecule has 2 heterocycles. The standard InChI is InChI=1S/C10H12N2O5/c13-7-4-12(17-6-7)5-9(14)11-10(15)8-2-1-3-16-8/h1-3,7,13H,4-6H2,(H,11,14,15)/t7-/m1/s1. The van der Waals surface area contributed by atoms with Crippen LogP contribution in [0.4, 0.5) is 0 Å². The summed E-state index contributed by atoms with van der Waals surface area (Å²) in [7, 11) is 0. The van der Waals surface area contributed by atoms with Gasteiger partial charge in [0, 0.05) is 0 Å². The minimum Gasteiger partial charge on any atom is -0.459 e. The Kier molecular flexibility index (Phi) is 3.52. The van der Waals surface area contributed by atoms with Crippen LogP contribution in [-0.4, -0.2) is 47.8 Å². The minimum atomic E-state index is -0.597. The number of carbonyl (C=O) groups excluding carboxylic acids is 2. The second-order valence-electron chi connectivity index (χ2n) is 3.63. The number of aliphatic hydroxyl groups is 1. The number of aliphatic hydroxyl groups excluding tert-OH is 1. The van der Waals surface area contributed by atoms with E-state index < -0.39 is 17.9 Å². The second-order valence-corrected chi connectivity index (χ2v) is 3.63. The summed E-state index contributed by atoms with van der Waals surface area (Å²) in [6.45, 7) is 0.311. The third kappa shape index (κ3) is 3.13. The Balaban J connectivity index is 1.79. The second kappa shape index (κ2) is 5.09. The molecule has 92 valence electrons. The summed E-state index contributed by atoms with van der Waals surface area (Å²) in [4.78, 5) is 27.9. The Labute approximate surface area is 96.9 Å². The Hall–Kier alpha value is -1.70. The molecule has 1 saturated heterocycles. The van der Waals surface area contributed by atoms with Crippen molar-refractivity contribution in [1.82, 2.24) is 10.4 Å². The zero-order valence-electron chi connectivity index (χ0n) is 8.96. The van der Waals surface area contributed by atoms with E-state index in [9.17, 15) is 9.59 Å². The van der Waals surface area contributed by atoms with E-state index >= 15 is 0 Å². The zero-order valence-corrected chi connectivity index (χ0v) is 8.96. The van der Waals surface area contributed by atoms with Crippen molar-refractivity contribution in [2.45, 2.75) is 6.10 Å². The van der Waals surface area contributed by atoms with Crippen LogP contribution in [0.15, 0.2) is 22.8 Å². The van der Waals surface area contributed by atoms with Gasteiger partial charge in [-0.1, -0.05) is 0 Å². The predicted octanol–water partition coefficient (Wildman–Crippen LogP) is -0.856. The molecule has 1 aliphatic heterocycles. The van der Waals surface area contributed by atoms with Crippen LogP contribution in [0.2, 0.25) is 0 Å². The first-order valence-corrected chi connectivity index (χ1v) is 5.09. The van der Waals surface area contributed by atoms with E-state index in [1.807, 2.05) is 0 Å². The van der Waals surface area contributed by atoms with Gasteiger partial charge in [0.1, 0.15) is 6.54 Å². The van der Waals surface area contributed by atoms with Gasteiger partial charge in [-0.2, -0.15) is 5.06 Å². The number of nitrogens with one attached hydrogen (secondary N) is 1. The minimum absolute atomic E-state index is 0.0701. The third-order valence-electron chi connectivity index (χ3n) is 2.18. The van der Waals surface area contributed by atoms with Gasteiger partial charge in [-0.05, 0) is 12.1 Å². The highest BCUT2D eigenvalue weighted by molar-refractivity contribution is 6.03. The number of hydrogen-bond donors (Lipinski definition) is 2.